The van der Waals surface area contributed by atoms with E-state index in [1.54, 1.807) is 17.5 Å². The van der Waals surface area contributed by atoms with E-state index in [-0.39, 0.29) is 6.42 Å². The van der Waals surface area contributed by atoms with Crippen molar-refractivity contribution in [1.82, 2.24) is 4.98 Å². The first kappa shape index (κ1) is 9.92. The van der Waals surface area contributed by atoms with Crippen molar-refractivity contribution in [2.75, 3.05) is 0 Å². The quantitative estimate of drug-likeness (QED) is 0.864. The Kier molecular flexibility index (Phi) is 2.82. The third kappa shape index (κ3) is 2.44. The van der Waals surface area contributed by atoms with E-state index in [1.807, 2.05) is 16.8 Å². The molecule has 0 spiro atoms. The first-order chi connectivity index (χ1) is 7.25. The second-order valence-corrected chi connectivity index (χ2v) is 3.80. The molecule has 0 bridgehead atoms. The molecule has 0 aliphatic heterocycles. The molecule has 0 atom stereocenters. The minimum absolute atomic E-state index is 0.0452. The van der Waals surface area contributed by atoms with E-state index in [0.29, 0.717) is 18.1 Å². The zero-order valence-electron chi connectivity index (χ0n) is 7.84. The van der Waals surface area contributed by atoms with Crippen LogP contribution in [0.2, 0.25) is 0 Å². The summed E-state index contributed by atoms with van der Waals surface area (Å²) < 4.78 is 5.41. The molecule has 0 saturated heterocycles. The van der Waals surface area contributed by atoms with E-state index in [0.717, 1.165) is 5.56 Å². The summed E-state index contributed by atoms with van der Waals surface area (Å²) in [6.45, 7) is 0. The summed E-state index contributed by atoms with van der Waals surface area (Å²) in [4.78, 5) is 14.4. The summed E-state index contributed by atoms with van der Waals surface area (Å²) in [6, 6.07) is 1.94. The summed E-state index contributed by atoms with van der Waals surface area (Å²) in [7, 11) is 0. The molecule has 2 aromatic heterocycles. The molecule has 0 amide bonds. The normalized spacial score (nSPS) is 10.4. The van der Waals surface area contributed by atoms with E-state index in [9.17, 15) is 4.79 Å². The monoisotopic (exact) mass is 223 g/mol. The van der Waals surface area contributed by atoms with Crippen LogP contribution in [0.1, 0.15) is 12.3 Å². The second kappa shape index (κ2) is 4.27. The molecular formula is C10H9NO3S. The molecule has 1 N–H and O–H groups in total. The molecule has 0 aliphatic rings. The molecule has 0 radical (unpaired) electrons. The van der Waals surface area contributed by atoms with Gasteiger partial charge in [0.05, 0.1) is 12.6 Å². The predicted molar refractivity (Wildman–Crippen MR) is 55.8 cm³/mol. The van der Waals surface area contributed by atoms with Gasteiger partial charge in [-0.15, -0.1) is 0 Å². The Hall–Kier alpha value is -1.62. The van der Waals surface area contributed by atoms with Gasteiger partial charge in [-0.05, 0) is 11.4 Å². The van der Waals surface area contributed by atoms with Gasteiger partial charge in [-0.2, -0.15) is 11.3 Å². The largest absolute Gasteiger partial charge is 0.481 e. The molecule has 5 heteroatoms. The number of carboxylic acid groups (broad SMARTS) is 1. The molecule has 0 saturated carbocycles. The van der Waals surface area contributed by atoms with Crippen molar-refractivity contribution in [3.8, 4) is 11.3 Å². The number of carbonyl (C=O) groups is 1. The van der Waals surface area contributed by atoms with E-state index >= 15 is 0 Å². The number of aliphatic carboxylic acids is 1. The van der Waals surface area contributed by atoms with Crippen LogP contribution in [0.5, 0.6) is 0 Å². The van der Waals surface area contributed by atoms with Gasteiger partial charge in [-0.3, -0.25) is 4.79 Å². The van der Waals surface area contributed by atoms with Gasteiger partial charge in [0.25, 0.3) is 0 Å². The first-order valence-electron chi connectivity index (χ1n) is 4.45. The van der Waals surface area contributed by atoms with Crippen LogP contribution in [0, 0.1) is 0 Å². The number of aromatic nitrogens is 1. The Balaban J connectivity index is 2.08. The minimum atomic E-state index is -0.842. The Bertz CT molecular complexity index is 447. The van der Waals surface area contributed by atoms with Gasteiger partial charge in [0.2, 0.25) is 0 Å². The van der Waals surface area contributed by atoms with Crippen LogP contribution in [0.25, 0.3) is 11.3 Å². The van der Waals surface area contributed by atoms with E-state index in [2.05, 4.69) is 4.98 Å². The number of hydrogen-bond acceptors (Lipinski definition) is 4. The molecule has 0 aliphatic carbocycles. The standard InChI is InChI=1S/C10H9NO3S/c12-10(13)2-1-9-11-5-8(14-9)7-3-4-15-6-7/h3-6H,1-2H2,(H,12,13). The lowest BCUT2D eigenvalue weighted by molar-refractivity contribution is -0.137. The minimum Gasteiger partial charge on any atom is -0.481 e. The summed E-state index contributed by atoms with van der Waals surface area (Å²) >= 11 is 1.58. The fraction of sp³-hybridized carbons (Fsp3) is 0.200. The fourth-order valence-electron chi connectivity index (χ4n) is 1.18. The number of carboxylic acids is 1. The van der Waals surface area contributed by atoms with Crippen molar-refractivity contribution in [3.05, 3.63) is 28.9 Å². The van der Waals surface area contributed by atoms with Crippen LogP contribution in [-0.4, -0.2) is 16.1 Å². The highest BCUT2D eigenvalue weighted by molar-refractivity contribution is 7.08. The number of thiophene rings is 1. The number of nitrogens with zero attached hydrogens (tertiary/aromatic N) is 1. The molecule has 2 rings (SSSR count). The van der Waals surface area contributed by atoms with Crippen molar-refractivity contribution in [3.63, 3.8) is 0 Å². The molecule has 2 aromatic rings. The van der Waals surface area contributed by atoms with Crippen LogP contribution in [0.15, 0.2) is 27.4 Å². The zero-order chi connectivity index (χ0) is 10.7. The van der Waals surface area contributed by atoms with Crippen molar-refractivity contribution in [2.45, 2.75) is 12.8 Å². The van der Waals surface area contributed by atoms with E-state index in [1.165, 1.54) is 0 Å². The molecule has 2 heterocycles. The van der Waals surface area contributed by atoms with Crippen molar-refractivity contribution in [2.24, 2.45) is 0 Å². The van der Waals surface area contributed by atoms with Gasteiger partial charge in [0, 0.05) is 17.4 Å². The predicted octanol–water partition coefficient (Wildman–Crippen LogP) is 2.42. The van der Waals surface area contributed by atoms with Gasteiger partial charge in [-0.25, -0.2) is 4.98 Å². The lowest BCUT2D eigenvalue weighted by Crippen LogP contribution is -1.97. The highest BCUT2D eigenvalue weighted by Crippen LogP contribution is 2.22. The zero-order valence-corrected chi connectivity index (χ0v) is 8.66. The Morgan fingerprint density at radius 3 is 3.13 bits per heavy atom. The molecular weight excluding hydrogens is 214 g/mol. The molecule has 4 nitrogen and oxygen atoms in total. The van der Waals surface area contributed by atoms with Gasteiger partial charge >= 0.3 is 5.97 Å². The molecule has 15 heavy (non-hydrogen) atoms. The average molecular weight is 223 g/mol. The Labute approximate surface area is 90.2 Å². The van der Waals surface area contributed by atoms with Crippen molar-refractivity contribution in [1.29, 1.82) is 0 Å². The van der Waals surface area contributed by atoms with Crippen LogP contribution < -0.4 is 0 Å². The SMILES string of the molecule is O=C(O)CCc1ncc(-c2ccsc2)o1. The summed E-state index contributed by atoms with van der Waals surface area (Å²) in [6.07, 6.45) is 2.00. The summed E-state index contributed by atoms with van der Waals surface area (Å²) in [5.74, 6) is 0.320. The maximum Gasteiger partial charge on any atom is 0.303 e. The number of aryl methyl sites for hydroxylation is 1. The molecule has 0 fully saturated rings. The third-order valence-electron chi connectivity index (χ3n) is 1.91. The maximum atomic E-state index is 10.3. The summed E-state index contributed by atoms with van der Waals surface area (Å²) in [5, 5.41) is 12.4. The van der Waals surface area contributed by atoms with Crippen molar-refractivity contribution < 1.29 is 14.3 Å². The van der Waals surface area contributed by atoms with Gasteiger partial charge in [-0.1, -0.05) is 0 Å². The van der Waals surface area contributed by atoms with E-state index < -0.39 is 5.97 Å². The molecule has 0 aromatic carbocycles. The topological polar surface area (TPSA) is 63.3 Å². The van der Waals surface area contributed by atoms with Crippen LogP contribution in [0.4, 0.5) is 0 Å². The van der Waals surface area contributed by atoms with E-state index in [4.69, 9.17) is 9.52 Å². The van der Waals surface area contributed by atoms with Gasteiger partial charge in [0.15, 0.2) is 11.7 Å². The van der Waals surface area contributed by atoms with Crippen LogP contribution in [0.3, 0.4) is 0 Å². The lowest BCUT2D eigenvalue weighted by atomic mass is 10.3. The number of oxazole rings is 1. The molecule has 78 valence electrons. The average Bonchev–Trinajstić information content (AvgIpc) is 2.85. The highest BCUT2D eigenvalue weighted by Gasteiger charge is 2.07. The third-order valence-corrected chi connectivity index (χ3v) is 2.60. The molecule has 0 unspecified atom stereocenters. The Morgan fingerprint density at radius 2 is 2.47 bits per heavy atom. The smallest absolute Gasteiger partial charge is 0.303 e. The summed E-state index contributed by atoms with van der Waals surface area (Å²) in [5.41, 5.74) is 0.981. The first-order valence-corrected chi connectivity index (χ1v) is 5.39. The van der Waals surface area contributed by atoms with Crippen molar-refractivity contribution >= 4 is 17.3 Å². The van der Waals surface area contributed by atoms with Gasteiger partial charge < -0.3 is 9.52 Å². The number of rotatable bonds is 4. The van der Waals surface area contributed by atoms with Gasteiger partial charge in [0.1, 0.15) is 0 Å². The van der Waals surface area contributed by atoms with Crippen LogP contribution >= 0.6 is 11.3 Å². The fourth-order valence-corrected chi connectivity index (χ4v) is 1.82. The lowest BCUT2D eigenvalue weighted by Gasteiger charge is -1.91. The maximum absolute atomic E-state index is 10.3. The highest BCUT2D eigenvalue weighted by atomic mass is 32.1. The van der Waals surface area contributed by atoms with Crippen LogP contribution in [-0.2, 0) is 11.2 Å². The Morgan fingerprint density at radius 1 is 1.60 bits per heavy atom. The number of hydrogen-bond donors (Lipinski definition) is 1. The second-order valence-electron chi connectivity index (χ2n) is 3.02.